The van der Waals surface area contributed by atoms with Gasteiger partial charge in [-0.05, 0) is 20.8 Å². The normalized spacial score (nSPS) is 10.7. The van der Waals surface area contributed by atoms with Crippen molar-refractivity contribution in [2.75, 3.05) is 43.5 Å². The second-order valence-corrected chi connectivity index (χ2v) is 4.22. The fourth-order valence-electron chi connectivity index (χ4n) is 1.34. The number of hydrogen-bond donors (Lipinski definition) is 3. The number of rotatable bonds is 10. The molecule has 0 spiro atoms. The summed E-state index contributed by atoms with van der Waals surface area (Å²) in [7, 11) is 0. The largest absolute Gasteiger partial charge is 0.461 e. The van der Waals surface area contributed by atoms with Gasteiger partial charge in [-0.1, -0.05) is 0 Å². The highest BCUT2D eigenvalue weighted by molar-refractivity contribution is 5.35. The molecule has 1 aromatic rings. The van der Waals surface area contributed by atoms with Crippen molar-refractivity contribution < 1.29 is 14.6 Å². The zero-order chi connectivity index (χ0) is 14.8. The minimum Gasteiger partial charge on any atom is -0.461 e. The molecular weight excluding hydrogens is 262 g/mol. The SMILES string of the molecule is CCNc1nc(NCCOCCO)nc(OC(C)C)n1. The first-order valence-electron chi connectivity index (χ1n) is 6.74. The molecule has 0 bridgehead atoms. The molecule has 1 rings (SSSR count). The van der Waals surface area contributed by atoms with Gasteiger partial charge in [-0.25, -0.2) is 0 Å². The number of aliphatic hydroxyl groups excluding tert-OH is 1. The van der Waals surface area contributed by atoms with E-state index in [1.54, 1.807) is 0 Å². The van der Waals surface area contributed by atoms with Gasteiger partial charge >= 0.3 is 6.01 Å². The van der Waals surface area contributed by atoms with E-state index in [2.05, 4.69) is 25.6 Å². The molecule has 3 N–H and O–H groups in total. The Morgan fingerprint density at radius 3 is 2.40 bits per heavy atom. The number of aromatic nitrogens is 3. The summed E-state index contributed by atoms with van der Waals surface area (Å²) in [6.45, 7) is 7.83. The fourth-order valence-corrected chi connectivity index (χ4v) is 1.34. The lowest BCUT2D eigenvalue weighted by Crippen LogP contribution is -2.16. The fraction of sp³-hybridized carbons (Fsp3) is 0.750. The Morgan fingerprint density at radius 1 is 1.10 bits per heavy atom. The minimum absolute atomic E-state index is 0.00684. The Bertz CT molecular complexity index is 389. The molecule has 0 amide bonds. The third kappa shape index (κ3) is 6.48. The Kier molecular flexibility index (Phi) is 7.59. The molecule has 0 saturated carbocycles. The van der Waals surface area contributed by atoms with E-state index in [1.807, 2.05) is 20.8 Å². The van der Waals surface area contributed by atoms with Crippen LogP contribution in [0, 0.1) is 0 Å². The van der Waals surface area contributed by atoms with E-state index < -0.39 is 0 Å². The van der Waals surface area contributed by atoms with Crippen molar-refractivity contribution in [2.24, 2.45) is 0 Å². The van der Waals surface area contributed by atoms with Gasteiger partial charge in [-0.2, -0.15) is 15.0 Å². The molecule has 0 unspecified atom stereocenters. The van der Waals surface area contributed by atoms with Gasteiger partial charge in [0.15, 0.2) is 0 Å². The molecule has 0 saturated heterocycles. The van der Waals surface area contributed by atoms with Gasteiger partial charge in [0.2, 0.25) is 11.9 Å². The van der Waals surface area contributed by atoms with Crippen molar-refractivity contribution in [2.45, 2.75) is 26.9 Å². The van der Waals surface area contributed by atoms with Crippen LogP contribution in [0.15, 0.2) is 0 Å². The van der Waals surface area contributed by atoms with Crippen LogP contribution in [0.3, 0.4) is 0 Å². The molecule has 20 heavy (non-hydrogen) atoms. The van der Waals surface area contributed by atoms with E-state index >= 15 is 0 Å². The standard InChI is InChI=1S/C12H23N5O3/c1-4-13-10-15-11(14-5-7-19-8-6-18)17-12(16-10)20-9(2)3/h9,18H,4-8H2,1-3H3,(H2,13,14,15,16,17). The Balaban J connectivity index is 2.60. The molecule has 0 fully saturated rings. The summed E-state index contributed by atoms with van der Waals surface area (Å²) in [5.74, 6) is 0.899. The van der Waals surface area contributed by atoms with Crippen molar-refractivity contribution in [3.8, 4) is 6.01 Å². The average molecular weight is 285 g/mol. The smallest absolute Gasteiger partial charge is 0.323 e. The lowest BCUT2D eigenvalue weighted by molar-refractivity contribution is 0.0991. The summed E-state index contributed by atoms with van der Waals surface area (Å²) in [5.41, 5.74) is 0. The minimum atomic E-state index is -0.00684. The summed E-state index contributed by atoms with van der Waals surface area (Å²) in [5, 5.41) is 14.6. The number of hydrogen-bond acceptors (Lipinski definition) is 8. The van der Waals surface area contributed by atoms with Crippen LogP contribution in [-0.2, 0) is 4.74 Å². The molecule has 0 aliphatic heterocycles. The van der Waals surface area contributed by atoms with Crippen LogP contribution in [-0.4, -0.2) is 59.1 Å². The monoisotopic (exact) mass is 285 g/mol. The van der Waals surface area contributed by atoms with E-state index in [0.717, 1.165) is 0 Å². The maximum atomic E-state index is 8.60. The van der Waals surface area contributed by atoms with Gasteiger partial charge in [-0.15, -0.1) is 0 Å². The summed E-state index contributed by atoms with van der Waals surface area (Å²) in [4.78, 5) is 12.6. The molecule has 1 heterocycles. The molecule has 0 radical (unpaired) electrons. The maximum absolute atomic E-state index is 8.60. The molecule has 0 aliphatic rings. The second kappa shape index (κ2) is 9.27. The quantitative estimate of drug-likeness (QED) is 0.535. The summed E-state index contributed by atoms with van der Waals surface area (Å²) < 4.78 is 10.6. The first-order chi connectivity index (χ1) is 9.65. The molecule has 0 atom stereocenters. The topological polar surface area (TPSA) is 101 Å². The van der Waals surface area contributed by atoms with Crippen LogP contribution in [0.5, 0.6) is 6.01 Å². The summed E-state index contributed by atoms with van der Waals surface area (Å²) >= 11 is 0. The van der Waals surface area contributed by atoms with Crippen LogP contribution in [0.2, 0.25) is 0 Å². The molecular formula is C12H23N5O3. The third-order valence-electron chi connectivity index (χ3n) is 2.06. The zero-order valence-corrected chi connectivity index (χ0v) is 12.2. The number of ether oxygens (including phenoxy) is 2. The number of nitrogens with one attached hydrogen (secondary N) is 2. The molecule has 8 heteroatoms. The van der Waals surface area contributed by atoms with Crippen LogP contribution in [0.25, 0.3) is 0 Å². The average Bonchev–Trinajstić information content (AvgIpc) is 2.38. The number of aliphatic hydroxyl groups is 1. The molecule has 1 aromatic heterocycles. The third-order valence-corrected chi connectivity index (χ3v) is 2.06. The predicted molar refractivity (Wildman–Crippen MR) is 76.1 cm³/mol. The van der Waals surface area contributed by atoms with Crippen molar-refractivity contribution in [3.05, 3.63) is 0 Å². The Hall–Kier alpha value is -1.67. The van der Waals surface area contributed by atoms with E-state index in [0.29, 0.717) is 38.2 Å². The first-order valence-corrected chi connectivity index (χ1v) is 6.74. The Morgan fingerprint density at radius 2 is 1.80 bits per heavy atom. The van der Waals surface area contributed by atoms with Crippen molar-refractivity contribution in [1.29, 1.82) is 0 Å². The highest BCUT2D eigenvalue weighted by Gasteiger charge is 2.08. The zero-order valence-electron chi connectivity index (χ0n) is 12.2. The highest BCUT2D eigenvalue weighted by Crippen LogP contribution is 2.12. The number of anilines is 2. The molecule has 8 nitrogen and oxygen atoms in total. The van der Waals surface area contributed by atoms with Gasteiger partial charge in [0.25, 0.3) is 0 Å². The van der Waals surface area contributed by atoms with E-state index in [9.17, 15) is 0 Å². The van der Waals surface area contributed by atoms with Gasteiger partial charge < -0.3 is 25.2 Å². The highest BCUT2D eigenvalue weighted by atomic mass is 16.5. The van der Waals surface area contributed by atoms with Crippen molar-refractivity contribution in [1.82, 2.24) is 15.0 Å². The van der Waals surface area contributed by atoms with Crippen LogP contribution in [0.4, 0.5) is 11.9 Å². The molecule has 0 aromatic carbocycles. The van der Waals surface area contributed by atoms with Crippen LogP contribution >= 0.6 is 0 Å². The van der Waals surface area contributed by atoms with Gasteiger partial charge in [0.1, 0.15) is 0 Å². The predicted octanol–water partition coefficient (Wildman–Crippen LogP) is 0.511. The lowest BCUT2D eigenvalue weighted by Gasteiger charge is -2.11. The molecule has 0 aliphatic carbocycles. The van der Waals surface area contributed by atoms with Gasteiger partial charge in [0, 0.05) is 13.1 Å². The van der Waals surface area contributed by atoms with E-state index in [4.69, 9.17) is 14.6 Å². The number of nitrogens with zero attached hydrogens (tertiary/aromatic N) is 3. The van der Waals surface area contributed by atoms with Crippen LogP contribution in [0.1, 0.15) is 20.8 Å². The van der Waals surface area contributed by atoms with Gasteiger partial charge in [0.05, 0.1) is 25.9 Å². The summed E-state index contributed by atoms with van der Waals surface area (Å²) in [6.07, 6.45) is -0.00684. The van der Waals surface area contributed by atoms with Crippen LogP contribution < -0.4 is 15.4 Å². The maximum Gasteiger partial charge on any atom is 0.323 e. The van der Waals surface area contributed by atoms with E-state index in [-0.39, 0.29) is 18.7 Å². The van der Waals surface area contributed by atoms with Gasteiger partial charge in [-0.3, -0.25) is 0 Å². The summed E-state index contributed by atoms with van der Waals surface area (Å²) in [6, 6.07) is 0.282. The molecule has 114 valence electrons. The first kappa shape index (κ1) is 16.4. The lowest BCUT2D eigenvalue weighted by atomic mass is 10.5. The van der Waals surface area contributed by atoms with Crippen molar-refractivity contribution in [3.63, 3.8) is 0 Å². The van der Waals surface area contributed by atoms with E-state index in [1.165, 1.54) is 0 Å². The Labute approximate surface area is 118 Å². The second-order valence-electron chi connectivity index (χ2n) is 4.22. The van der Waals surface area contributed by atoms with Crippen molar-refractivity contribution >= 4 is 11.9 Å².